The normalized spacial score (nSPS) is 16.0. The number of carbonyl (C=O) groups excluding carboxylic acids is 1. The van der Waals surface area contributed by atoms with Crippen molar-refractivity contribution >= 4 is 11.7 Å². The number of esters is 1. The summed E-state index contributed by atoms with van der Waals surface area (Å²) < 4.78 is 9.96. The molecule has 0 aromatic carbocycles. The second-order valence-electron chi connectivity index (χ2n) is 3.03. The van der Waals surface area contributed by atoms with Crippen molar-refractivity contribution in [1.82, 2.24) is 4.98 Å². The predicted octanol–water partition coefficient (Wildman–Crippen LogP) is 0.219. The second-order valence-corrected chi connectivity index (χ2v) is 3.03. The fourth-order valence-electron chi connectivity index (χ4n) is 1.09. The molecule has 1 aliphatic heterocycles. The zero-order chi connectivity index (χ0) is 9.97. The van der Waals surface area contributed by atoms with E-state index in [4.69, 9.17) is 15.2 Å². The zero-order valence-corrected chi connectivity index (χ0v) is 7.47. The van der Waals surface area contributed by atoms with Gasteiger partial charge >= 0.3 is 5.97 Å². The Bertz CT molecular complexity index is 350. The Kier molecular flexibility index (Phi) is 2.32. The summed E-state index contributed by atoms with van der Waals surface area (Å²) in [6, 6.07) is 1.54. The van der Waals surface area contributed by atoms with Gasteiger partial charge in [0.1, 0.15) is 6.10 Å². The number of aromatic nitrogens is 1. The molecule has 1 aromatic rings. The van der Waals surface area contributed by atoms with Gasteiger partial charge in [-0.2, -0.15) is 0 Å². The van der Waals surface area contributed by atoms with Gasteiger partial charge < -0.3 is 15.2 Å². The van der Waals surface area contributed by atoms with Crippen LogP contribution in [0.2, 0.25) is 0 Å². The molecule has 0 amide bonds. The summed E-state index contributed by atoms with van der Waals surface area (Å²) in [7, 11) is 0. The summed E-state index contributed by atoms with van der Waals surface area (Å²) in [5.41, 5.74) is 6.25. The maximum absolute atomic E-state index is 11.5. The molecule has 1 aromatic heterocycles. The molecule has 0 spiro atoms. The SMILES string of the molecule is Nc1cnccc1C(=O)OC1COC1. The third-order valence-corrected chi connectivity index (χ3v) is 1.95. The molecule has 0 unspecified atom stereocenters. The van der Waals surface area contributed by atoms with Crippen molar-refractivity contribution in [1.29, 1.82) is 0 Å². The molecule has 74 valence electrons. The van der Waals surface area contributed by atoms with Gasteiger partial charge in [-0.1, -0.05) is 0 Å². The third-order valence-electron chi connectivity index (χ3n) is 1.95. The monoisotopic (exact) mass is 194 g/mol. The summed E-state index contributed by atoms with van der Waals surface area (Å²) in [5.74, 6) is -0.418. The maximum atomic E-state index is 11.5. The first-order valence-electron chi connectivity index (χ1n) is 4.25. The molecular weight excluding hydrogens is 184 g/mol. The zero-order valence-electron chi connectivity index (χ0n) is 7.47. The molecule has 0 radical (unpaired) electrons. The van der Waals surface area contributed by atoms with E-state index in [0.29, 0.717) is 24.5 Å². The summed E-state index contributed by atoms with van der Waals surface area (Å²) in [5, 5.41) is 0. The topological polar surface area (TPSA) is 74.4 Å². The Labute approximate surface area is 80.8 Å². The van der Waals surface area contributed by atoms with Crippen LogP contribution in [0, 0.1) is 0 Å². The molecule has 5 heteroatoms. The van der Waals surface area contributed by atoms with Crippen molar-refractivity contribution in [3.05, 3.63) is 24.0 Å². The molecule has 0 aliphatic carbocycles. The lowest BCUT2D eigenvalue weighted by atomic mass is 10.2. The highest BCUT2D eigenvalue weighted by Gasteiger charge is 2.24. The second kappa shape index (κ2) is 3.63. The van der Waals surface area contributed by atoms with E-state index in [2.05, 4.69) is 4.98 Å². The van der Waals surface area contributed by atoms with Gasteiger partial charge in [0.25, 0.3) is 0 Å². The molecule has 2 heterocycles. The minimum absolute atomic E-state index is 0.130. The Balaban J connectivity index is 2.06. The number of carbonyl (C=O) groups is 1. The number of rotatable bonds is 2. The maximum Gasteiger partial charge on any atom is 0.340 e. The van der Waals surface area contributed by atoms with E-state index in [9.17, 15) is 4.79 Å². The largest absolute Gasteiger partial charge is 0.454 e. The Morgan fingerprint density at radius 1 is 1.64 bits per heavy atom. The quantitative estimate of drug-likeness (QED) is 0.681. The van der Waals surface area contributed by atoms with Crippen LogP contribution in [-0.4, -0.2) is 30.3 Å². The van der Waals surface area contributed by atoms with E-state index >= 15 is 0 Å². The van der Waals surface area contributed by atoms with Crippen molar-refractivity contribution in [3.8, 4) is 0 Å². The van der Waals surface area contributed by atoms with Crippen LogP contribution in [0.5, 0.6) is 0 Å². The van der Waals surface area contributed by atoms with Gasteiger partial charge in [0.05, 0.1) is 30.7 Å². The van der Waals surface area contributed by atoms with Crippen molar-refractivity contribution in [2.24, 2.45) is 0 Å². The summed E-state index contributed by atoms with van der Waals surface area (Å²) >= 11 is 0. The van der Waals surface area contributed by atoms with E-state index in [-0.39, 0.29) is 6.10 Å². The van der Waals surface area contributed by atoms with Crippen LogP contribution in [0.25, 0.3) is 0 Å². The van der Waals surface area contributed by atoms with Crippen LogP contribution in [-0.2, 0) is 9.47 Å². The fourth-order valence-corrected chi connectivity index (χ4v) is 1.09. The van der Waals surface area contributed by atoms with E-state index in [1.165, 1.54) is 18.5 Å². The minimum Gasteiger partial charge on any atom is -0.454 e. The van der Waals surface area contributed by atoms with E-state index in [1.54, 1.807) is 0 Å². The number of nitrogens with two attached hydrogens (primary N) is 1. The van der Waals surface area contributed by atoms with Gasteiger partial charge in [0, 0.05) is 6.20 Å². The Morgan fingerprint density at radius 3 is 3.00 bits per heavy atom. The van der Waals surface area contributed by atoms with Crippen LogP contribution in [0.1, 0.15) is 10.4 Å². The standard InChI is InChI=1S/C9H10N2O3/c10-8-3-11-2-1-7(8)9(12)14-6-4-13-5-6/h1-3,6H,4-5,10H2. The first kappa shape index (κ1) is 8.96. The van der Waals surface area contributed by atoms with Crippen molar-refractivity contribution in [3.63, 3.8) is 0 Å². The van der Waals surface area contributed by atoms with Crippen LogP contribution in [0.4, 0.5) is 5.69 Å². The molecule has 0 bridgehead atoms. The molecule has 0 saturated carbocycles. The van der Waals surface area contributed by atoms with Gasteiger partial charge in [0.15, 0.2) is 0 Å². The minimum atomic E-state index is -0.418. The fraction of sp³-hybridized carbons (Fsp3) is 0.333. The van der Waals surface area contributed by atoms with Crippen molar-refractivity contribution in [2.75, 3.05) is 18.9 Å². The Morgan fingerprint density at radius 2 is 2.43 bits per heavy atom. The Hall–Kier alpha value is -1.62. The smallest absolute Gasteiger partial charge is 0.340 e. The van der Waals surface area contributed by atoms with Gasteiger partial charge in [0.2, 0.25) is 0 Å². The van der Waals surface area contributed by atoms with Gasteiger partial charge in [-0.15, -0.1) is 0 Å². The molecule has 1 fully saturated rings. The molecule has 1 saturated heterocycles. The summed E-state index contributed by atoms with van der Waals surface area (Å²) in [6.07, 6.45) is 2.80. The van der Waals surface area contributed by atoms with Crippen LogP contribution in [0.3, 0.4) is 0 Å². The number of anilines is 1. The highest BCUT2D eigenvalue weighted by Crippen LogP contribution is 2.14. The average Bonchev–Trinajstić information content (AvgIpc) is 2.12. The first-order valence-corrected chi connectivity index (χ1v) is 4.25. The third kappa shape index (κ3) is 1.67. The van der Waals surface area contributed by atoms with E-state index in [1.807, 2.05) is 0 Å². The molecule has 1 aliphatic rings. The number of pyridine rings is 1. The van der Waals surface area contributed by atoms with Crippen LogP contribution >= 0.6 is 0 Å². The number of hydrogen-bond acceptors (Lipinski definition) is 5. The van der Waals surface area contributed by atoms with E-state index in [0.717, 1.165) is 0 Å². The van der Waals surface area contributed by atoms with Crippen molar-refractivity contribution in [2.45, 2.75) is 6.10 Å². The molecule has 2 rings (SSSR count). The summed E-state index contributed by atoms with van der Waals surface area (Å²) in [6.45, 7) is 0.938. The lowest BCUT2D eigenvalue weighted by Crippen LogP contribution is -2.37. The van der Waals surface area contributed by atoms with Gasteiger partial charge in [-0.3, -0.25) is 4.98 Å². The highest BCUT2D eigenvalue weighted by atomic mass is 16.6. The first-order chi connectivity index (χ1) is 6.77. The molecule has 14 heavy (non-hydrogen) atoms. The summed E-state index contributed by atoms with van der Waals surface area (Å²) in [4.78, 5) is 15.3. The van der Waals surface area contributed by atoms with Gasteiger partial charge in [-0.25, -0.2) is 4.79 Å². The highest BCUT2D eigenvalue weighted by molar-refractivity contribution is 5.94. The van der Waals surface area contributed by atoms with Crippen LogP contribution < -0.4 is 5.73 Å². The molecule has 0 atom stereocenters. The number of nitrogen functional groups attached to an aromatic ring is 1. The van der Waals surface area contributed by atoms with E-state index < -0.39 is 5.97 Å². The van der Waals surface area contributed by atoms with Crippen molar-refractivity contribution < 1.29 is 14.3 Å². The molecular formula is C9H10N2O3. The lowest BCUT2D eigenvalue weighted by Gasteiger charge is -2.25. The molecule has 2 N–H and O–H groups in total. The number of ether oxygens (including phenoxy) is 2. The predicted molar refractivity (Wildman–Crippen MR) is 48.7 cm³/mol. The number of nitrogens with zero attached hydrogens (tertiary/aromatic N) is 1. The van der Waals surface area contributed by atoms with Gasteiger partial charge in [-0.05, 0) is 6.07 Å². The molecule has 5 nitrogen and oxygen atoms in total. The average molecular weight is 194 g/mol. The number of hydrogen-bond donors (Lipinski definition) is 1. The lowest BCUT2D eigenvalue weighted by molar-refractivity contribution is -0.103. The van der Waals surface area contributed by atoms with Crippen LogP contribution in [0.15, 0.2) is 18.5 Å².